The Bertz CT molecular complexity index is 511. The standard InChI is InChI=1S/C14H17NO3S/c16-13(10-2-1-3-11(10)14(17)18)15-6-4-9-5-7-19-12(9)8-15/h5,7,10-11H,1-4,6,8H2,(H,17,18)/t10-,11+/m0/s1. The molecule has 1 aliphatic carbocycles. The lowest BCUT2D eigenvalue weighted by Gasteiger charge is -2.30. The molecule has 2 aliphatic rings. The van der Waals surface area contributed by atoms with Gasteiger partial charge in [-0.15, -0.1) is 11.3 Å². The van der Waals surface area contributed by atoms with Crippen LogP contribution in [0.15, 0.2) is 11.4 Å². The van der Waals surface area contributed by atoms with E-state index in [2.05, 4.69) is 11.4 Å². The summed E-state index contributed by atoms with van der Waals surface area (Å²) in [4.78, 5) is 26.8. The zero-order chi connectivity index (χ0) is 13.4. The van der Waals surface area contributed by atoms with Gasteiger partial charge in [0.2, 0.25) is 5.91 Å². The van der Waals surface area contributed by atoms with E-state index in [9.17, 15) is 14.7 Å². The molecule has 1 aliphatic heterocycles. The van der Waals surface area contributed by atoms with Crippen LogP contribution in [0.3, 0.4) is 0 Å². The summed E-state index contributed by atoms with van der Waals surface area (Å²) in [5, 5.41) is 11.3. The van der Waals surface area contributed by atoms with Gasteiger partial charge in [0.15, 0.2) is 0 Å². The SMILES string of the molecule is O=C(O)[C@@H]1CCC[C@@H]1C(=O)N1CCc2ccsc2C1. The van der Waals surface area contributed by atoms with Gasteiger partial charge in [-0.3, -0.25) is 9.59 Å². The van der Waals surface area contributed by atoms with Crippen LogP contribution in [0.5, 0.6) is 0 Å². The molecule has 2 atom stereocenters. The first kappa shape index (κ1) is 12.7. The summed E-state index contributed by atoms with van der Waals surface area (Å²) >= 11 is 1.69. The van der Waals surface area contributed by atoms with Gasteiger partial charge in [0.25, 0.3) is 0 Å². The molecule has 1 N–H and O–H groups in total. The lowest BCUT2D eigenvalue weighted by atomic mass is 9.94. The molecule has 1 amide bonds. The summed E-state index contributed by atoms with van der Waals surface area (Å²) < 4.78 is 0. The molecule has 0 saturated heterocycles. The number of thiophene rings is 1. The van der Waals surface area contributed by atoms with Crippen LogP contribution in [-0.2, 0) is 22.6 Å². The summed E-state index contributed by atoms with van der Waals surface area (Å²) in [5.41, 5.74) is 1.34. The van der Waals surface area contributed by atoms with Crippen molar-refractivity contribution < 1.29 is 14.7 Å². The Kier molecular flexibility index (Phi) is 3.31. The smallest absolute Gasteiger partial charge is 0.307 e. The van der Waals surface area contributed by atoms with Gasteiger partial charge < -0.3 is 10.0 Å². The number of amides is 1. The van der Waals surface area contributed by atoms with Crippen LogP contribution in [0.25, 0.3) is 0 Å². The van der Waals surface area contributed by atoms with Crippen LogP contribution < -0.4 is 0 Å². The molecule has 1 aromatic rings. The van der Waals surface area contributed by atoms with Crippen molar-refractivity contribution in [3.63, 3.8) is 0 Å². The number of fused-ring (bicyclic) bond motifs is 1. The van der Waals surface area contributed by atoms with Crippen LogP contribution in [0.1, 0.15) is 29.7 Å². The first-order chi connectivity index (χ1) is 9.16. The molecule has 19 heavy (non-hydrogen) atoms. The topological polar surface area (TPSA) is 57.6 Å². The van der Waals surface area contributed by atoms with Gasteiger partial charge in [-0.1, -0.05) is 6.42 Å². The monoisotopic (exact) mass is 279 g/mol. The van der Waals surface area contributed by atoms with Gasteiger partial charge in [0, 0.05) is 11.4 Å². The third kappa shape index (κ3) is 2.27. The number of carboxylic acid groups (broad SMARTS) is 1. The molecule has 2 heterocycles. The quantitative estimate of drug-likeness (QED) is 0.902. The van der Waals surface area contributed by atoms with E-state index in [4.69, 9.17) is 0 Å². The Labute approximate surface area is 116 Å². The van der Waals surface area contributed by atoms with Crippen molar-refractivity contribution in [1.29, 1.82) is 0 Å². The number of hydrogen-bond donors (Lipinski definition) is 1. The van der Waals surface area contributed by atoms with Crippen LogP contribution in [0.4, 0.5) is 0 Å². The Morgan fingerprint density at radius 1 is 1.32 bits per heavy atom. The summed E-state index contributed by atoms with van der Waals surface area (Å²) in [6.07, 6.45) is 3.12. The zero-order valence-corrected chi connectivity index (χ0v) is 11.5. The highest BCUT2D eigenvalue weighted by Gasteiger charge is 2.40. The third-order valence-electron chi connectivity index (χ3n) is 4.29. The average molecular weight is 279 g/mol. The molecular weight excluding hydrogens is 262 g/mol. The first-order valence-corrected chi connectivity index (χ1v) is 7.61. The van der Waals surface area contributed by atoms with Gasteiger partial charge >= 0.3 is 5.97 Å². The molecule has 5 heteroatoms. The van der Waals surface area contributed by atoms with Gasteiger partial charge in [-0.25, -0.2) is 0 Å². The molecule has 4 nitrogen and oxygen atoms in total. The lowest BCUT2D eigenvalue weighted by Crippen LogP contribution is -2.41. The van der Waals surface area contributed by atoms with E-state index in [1.807, 2.05) is 4.90 Å². The number of carbonyl (C=O) groups is 2. The fraction of sp³-hybridized carbons (Fsp3) is 0.571. The van der Waals surface area contributed by atoms with E-state index in [1.54, 1.807) is 11.3 Å². The highest BCUT2D eigenvalue weighted by atomic mass is 32.1. The normalized spacial score (nSPS) is 26.2. The van der Waals surface area contributed by atoms with Crippen LogP contribution in [0.2, 0.25) is 0 Å². The Hall–Kier alpha value is -1.36. The lowest BCUT2D eigenvalue weighted by molar-refractivity contribution is -0.149. The van der Waals surface area contributed by atoms with Crippen LogP contribution >= 0.6 is 11.3 Å². The van der Waals surface area contributed by atoms with Gasteiger partial charge in [0.05, 0.1) is 18.4 Å². The minimum Gasteiger partial charge on any atom is -0.481 e. The summed E-state index contributed by atoms with van der Waals surface area (Å²) in [6, 6.07) is 2.12. The summed E-state index contributed by atoms with van der Waals surface area (Å²) in [7, 11) is 0. The molecule has 1 saturated carbocycles. The highest BCUT2D eigenvalue weighted by molar-refractivity contribution is 7.10. The first-order valence-electron chi connectivity index (χ1n) is 6.73. The van der Waals surface area contributed by atoms with Gasteiger partial charge in [-0.05, 0) is 36.3 Å². The molecular formula is C14H17NO3S. The molecule has 102 valence electrons. The van der Waals surface area contributed by atoms with Gasteiger partial charge in [0.1, 0.15) is 0 Å². The van der Waals surface area contributed by atoms with Crippen molar-refractivity contribution in [1.82, 2.24) is 4.90 Å². The zero-order valence-electron chi connectivity index (χ0n) is 10.7. The van der Waals surface area contributed by atoms with Crippen molar-refractivity contribution in [3.8, 4) is 0 Å². The Morgan fingerprint density at radius 3 is 2.89 bits per heavy atom. The number of carbonyl (C=O) groups excluding carboxylic acids is 1. The maximum Gasteiger partial charge on any atom is 0.307 e. The van der Waals surface area contributed by atoms with E-state index in [1.165, 1.54) is 10.4 Å². The fourth-order valence-electron chi connectivity index (χ4n) is 3.21. The van der Waals surface area contributed by atoms with Crippen molar-refractivity contribution in [2.24, 2.45) is 11.8 Å². The van der Waals surface area contributed by atoms with Crippen LogP contribution in [0, 0.1) is 11.8 Å². The summed E-state index contributed by atoms with van der Waals surface area (Å²) in [6.45, 7) is 1.39. The predicted molar refractivity (Wildman–Crippen MR) is 71.9 cm³/mol. The van der Waals surface area contributed by atoms with E-state index in [0.29, 0.717) is 13.0 Å². The van der Waals surface area contributed by atoms with Crippen molar-refractivity contribution in [2.75, 3.05) is 6.54 Å². The van der Waals surface area contributed by atoms with Gasteiger partial charge in [-0.2, -0.15) is 0 Å². The number of rotatable bonds is 2. The largest absolute Gasteiger partial charge is 0.481 e. The minimum atomic E-state index is -0.815. The van der Waals surface area contributed by atoms with E-state index < -0.39 is 11.9 Å². The number of nitrogens with zero attached hydrogens (tertiary/aromatic N) is 1. The molecule has 0 radical (unpaired) electrons. The maximum atomic E-state index is 12.5. The van der Waals surface area contributed by atoms with E-state index >= 15 is 0 Å². The average Bonchev–Trinajstić information content (AvgIpc) is 3.05. The molecule has 0 bridgehead atoms. The number of carboxylic acids is 1. The predicted octanol–water partition coefficient (Wildman–Crippen LogP) is 2.13. The number of hydrogen-bond acceptors (Lipinski definition) is 3. The molecule has 0 unspecified atom stereocenters. The van der Waals surface area contributed by atoms with Crippen molar-refractivity contribution in [2.45, 2.75) is 32.2 Å². The molecule has 0 aromatic carbocycles. The Balaban J connectivity index is 1.73. The molecule has 1 fully saturated rings. The second-order valence-corrected chi connectivity index (χ2v) is 6.36. The second-order valence-electron chi connectivity index (χ2n) is 5.36. The Morgan fingerprint density at radius 2 is 2.11 bits per heavy atom. The van der Waals surface area contributed by atoms with Crippen molar-refractivity contribution >= 4 is 23.2 Å². The highest BCUT2D eigenvalue weighted by Crippen LogP contribution is 2.35. The fourth-order valence-corrected chi connectivity index (χ4v) is 4.16. The third-order valence-corrected chi connectivity index (χ3v) is 5.23. The number of aliphatic carboxylic acids is 1. The van der Waals surface area contributed by atoms with E-state index in [0.717, 1.165) is 25.8 Å². The van der Waals surface area contributed by atoms with Crippen molar-refractivity contribution in [3.05, 3.63) is 21.9 Å². The minimum absolute atomic E-state index is 0.0453. The van der Waals surface area contributed by atoms with E-state index in [-0.39, 0.29) is 11.8 Å². The summed E-state index contributed by atoms with van der Waals surface area (Å²) in [5.74, 6) is -1.55. The maximum absolute atomic E-state index is 12.5. The van der Waals surface area contributed by atoms with Crippen LogP contribution in [-0.4, -0.2) is 28.4 Å². The molecule has 0 spiro atoms. The molecule has 3 rings (SSSR count). The molecule has 1 aromatic heterocycles. The second kappa shape index (κ2) is 4.96.